The van der Waals surface area contributed by atoms with Crippen molar-refractivity contribution < 1.29 is 4.79 Å². The summed E-state index contributed by atoms with van der Waals surface area (Å²) < 4.78 is 0. The highest BCUT2D eigenvalue weighted by Gasteiger charge is 2.30. The molecule has 2 aliphatic rings. The minimum atomic E-state index is 0.303. The van der Waals surface area contributed by atoms with Crippen LogP contribution >= 0.6 is 11.3 Å². The van der Waals surface area contributed by atoms with Gasteiger partial charge in [-0.05, 0) is 49.3 Å². The largest absolute Gasteiger partial charge is 0.351 e. The van der Waals surface area contributed by atoms with E-state index in [4.69, 9.17) is 9.97 Å². The van der Waals surface area contributed by atoms with Crippen LogP contribution in [0.15, 0.2) is 41.8 Å². The van der Waals surface area contributed by atoms with E-state index in [9.17, 15) is 4.79 Å². The van der Waals surface area contributed by atoms with Gasteiger partial charge in [-0.1, -0.05) is 18.2 Å². The van der Waals surface area contributed by atoms with Crippen LogP contribution in [0.5, 0.6) is 0 Å². The van der Waals surface area contributed by atoms with Gasteiger partial charge in [0.05, 0.1) is 10.4 Å². The van der Waals surface area contributed by atoms with Crippen LogP contribution in [-0.4, -0.2) is 46.5 Å². The molecule has 1 atom stereocenters. The highest BCUT2D eigenvalue weighted by molar-refractivity contribution is 7.13. The molecule has 0 bridgehead atoms. The summed E-state index contributed by atoms with van der Waals surface area (Å²) in [6, 6.07) is 12.7. The molecule has 0 spiro atoms. The Morgan fingerprint density at radius 2 is 1.96 bits per heavy atom. The van der Waals surface area contributed by atoms with Crippen LogP contribution in [0.4, 0.5) is 5.82 Å². The maximum absolute atomic E-state index is 12.2. The number of carbonyl (C=O) groups is 1. The van der Waals surface area contributed by atoms with Crippen molar-refractivity contribution in [2.24, 2.45) is 0 Å². The standard InChI is InChI=1S/C22H24N4OS/c27-20-11-5-12-25(20)15-16-7-3-4-13-26(16)22-17-8-1-2-9-18(17)23-21(24-22)19-10-6-14-28-19/h1-2,6,8-10,14,16H,3-5,7,11-13,15H2/t16-/m1/s1. The lowest BCUT2D eigenvalue weighted by molar-refractivity contribution is -0.127. The number of carbonyl (C=O) groups excluding carboxylic acids is 1. The van der Waals surface area contributed by atoms with E-state index in [2.05, 4.69) is 34.5 Å². The second-order valence-electron chi connectivity index (χ2n) is 7.65. The third-order valence-electron chi connectivity index (χ3n) is 5.83. The lowest BCUT2D eigenvalue weighted by Gasteiger charge is -2.39. The van der Waals surface area contributed by atoms with E-state index in [1.54, 1.807) is 11.3 Å². The number of nitrogens with zero attached hydrogens (tertiary/aromatic N) is 4. The summed E-state index contributed by atoms with van der Waals surface area (Å²) in [6.45, 7) is 2.69. The predicted molar refractivity (Wildman–Crippen MR) is 114 cm³/mol. The van der Waals surface area contributed by atoms with Crippen LogP contribution in [0, 0.1) is 0 Å². The van der Waals surface area contributed by atoms with E-state index >= 15 is 0 Å². The molecule has 3 aromatic rings. The fourth-order valence-corrected chi connectivity index (χ4v) is 5.07. The highest BCUT2D eigenvalue weighted by Crippen LogP contribution is 2.33. The van der Waals surface area contributed by atoms with Gasteiger partial charge in [-0.2, -0.15) is 0 Å². The third-order valence-corrected chi connectivity index (χ3v) is 6.69. The summed E-state index contributed by atoms with van der Waals surface area (Å²) in [4.78, 5) is 27.6. The van der Waals surface area contributed by atoms with Crippen molar-refractivity contribution >= 4 is 34.0 Å². The Labute approximate surface area is 169 Å². The van der Waals surface area contributed by atoms with Crippen LogP contribution in [0.3, 0.4) is 0 Å². The zero-order valence-electron chi connectivity index (χ0n) is 15.9. The number of anilines is 1. The number of piperidine rings is 1. The number of rotatable bonds is 4. The summed E-state index contributed by atoms with van der Waals surface area (Å²) >= 11 is 1.67. The first kappa shape index (κ1) is 17.6. The number of para-hydroxylation sites is 1. The molecule has 0 aliphatic carbocycles. The SMILES string of the molecule is O=C1CCCN1C[C@H]1CCCCN1c1nc(-c2cccs2)nc2ccccc12. The van der Waals surface area contributed by atoms with Crippen molar-refractivity contribution in [2.45, 2.75) is 38.1 Å². The van der Waals surface area contributed by atoms with E-state index < -0.39 is 0 Å². The number of thiophene rings is 1. The van der Waals surface area contributed by atoms with Crippen LogP contribution in [0.25, 0.3) is 21.6 Å². The number of likely N-dealkylation sites (tertiary alicyclic amines) is 1. The molecule has 28 heavy (non-hydrogen) atoms. The van der Waals surface area contributed by atoms with Gasteiger partial charge >= 0.3 is 0 Å². The van der Waals surface area contributed by atoms with Gasteiger partial charge in [-0.3, -0.25) is 4.79 Å². The number of amides is 1. The van der Waals surface area contributed by atoms with Crippen LogP contribution < -0.4 is 4.90 Å². The predicted octanol–water partition coefficient (Wildman–Crippen LogP) is 4.34. The van der Waals surface area contributed by atoms with E-state index in [-0.39, 0.29) is 0 Å². The van der Waals surface area contributed by atoms with Gasteiger partial charge in [-0.15, -0.1) is 11.3 Å². The van der Waals surface area contributed by atoms with Crippen molar-refractivity contribution in [3.8, 4) is 10.7 Å². The number of hydrogen-bond acceptors (Lipinski definition) is 5. The molecule has 1 aromatic carbocycles. The molecule has 2 aliphatic heterocycles. The Hall–Kier alpha value is -2.47. The molecule has 5 rings (SSSR count). The molecule has 1 amide bonds. The number of fused-ring (bicyclic) bond motifs is 1. The first-order valence-electron chi connectivity index (χ1n) is 10.1. The van der Waals surface area contributed by atoms with Gasteiger partial charge in [0.25, 0.3) is 0 Å². The lowest BCUT2D eigenvalue weighted by atomic mass is 10.0. The zero-order chi connectivity index (χ0) is 18.9. The Morgan fingerprint density at radius 1 is 1.04 bits per heavy atom. The third kappa shape index (κ3) is 3.26. The van der Waals surface area contributed by atoms with Crippen molar-refractivity contribution in [2.75, 3.05) is 24.5 Å². The van der Waals surface area contributed by atoms with Gasteiger partial charge in [0.2, 0.25) is 5.91 Å². The second-order valence-corrected chi connectivity index (χ2v) is 8.60. The first-order valence-corrected chi connectivity index (χ1v) is 11.0. The van der Waals surface area contributed by atoms with Gasteiger partial charge in [0, 0.05) is 37.5 Å². The minimum absolute atomic E-state index is 0.303. The molecule has 0 unspecified atom stereocenters. The molecule has 0 N–H and O–H groups in total. The maximum Gasteiger partial charge on any atom is 0.222 e. The Balaban J connectivity index is 1.56. The molecule has 2 fully saturated rings. The summed E-state index contributed by atoms with van der Waals surface area (Å²) in [5.74, 6) is 2.12. The number of aromatic nitrogens is 2. The van der Waals surface area contributed by atoms with Crippen LogP contribution in [0.1, 0.15) is 32.1 Å². The molecule has 4 heterocycles. The molecule has 2 saturated heterocycles. The normalized spacial score (nSPS) is 20.3. The fourth-order valence-electron chi connectivity index (χ4n) is 4.42. The molecular formula is C22H24N4OS. The van der Waals surface area contributed by atoms with Gasteiger partial charge in [-0.25, -0.2) is 9.97 Å². The molecule has 2 aromatic heterocycles. The van der Waals surface area contributed by atoms with Crippen molar-refractivity contribution in [3.63, 3.8) is 0 Å². The molecule has 5 nitrogen and oxygen atoms in total. The molecule has 6 heteroatoms. The van der Waals surface area contributed by atoms with Crippen LogP contribution in [0.2, 0.25) is 0 Å². The first-order chi connectivity index (χ1) is 13.8. The summed E-state index contributed by atoms with van der Waals surface area (Å²) in [7, 11) is 0. The molecule has 0 radical (unpaired) electrons. The summed E-state index contributed by atoms with van der Waals surface area (Å²) in [5.41, 5.74) is 0.984. The highest BCUT2D eigenvalue weighted by atomic mass is 32.1. The van der Waals surface area contributed by atoms with E-state index in [1.807, 2.05) is 17.0 Å². The molecule has 144 valence electrons. The fraction of sp³-hybridized carbons (Fsp3) is 0.409. The van der Waals surface area contributed by atoms with Crippen molar-refractivity contribution in [3.05, 3.63) is 41.8 Å². The Kier molecular flexibility index (Phi) is 4.72. The Morgan fingerprint density at radius 3 is 2.79 bits per heavy atom. The monoisotopic (exact) mass is 392 g/mol. The van der Waals surface area contributed by atoms with Crippen molar-refractivity contribution in [1.29, 1.82) is 0 Å². The molecule has 0 saturated carbocycles. The van der Waals surface area contributed by atoms with Crippen molar-refractivity contribution in [1.82, 2.24) is 14.9 Å². The van der Waals surface area contributed by atoms with Gasteiger partial charge in [0.15, 0.2) is 5.82 Å². The van der Waals surface area contributed by atoms with E-state index in [1.165, 1.54) is 6.42 Å². The maximum atomic E-state index is 12.2. The quantitative estimate of drug-likeness (QED) is 0.663. The number of benzene rings is 1. The van der Waals surface area contributed by atoms with Crippen LogP contribution in [-0.2, 0) is 4.79 Å². The Bertz CT molecular complexity index is 987. The zero-order valence-corrected chi connectivity index (χ0v) is 16.7. The average molecular weight is 393 g/mol. The molecular weight excluding hydrogens is 368 g/mol. The second kappa shape index (κ2) is 7.51. The summed E-state index contributed by atoms with van der Waals surface area (Å²) in [5, 5.41) is 3.17. The minimum Gasteiger partial charge on any atom is -0.351 e. The summed E-state index contributed by atoms with van der Waals surface area (Å²) in [6.07, 6.45) is 5.17. The topological polar surface area (TPSA) is 49.3 Å². The van der Waals surface area contributed by atoms with Gasteiger partial charge < -0.3 is 9.80 Å². The lowest BCUT2D eigenvalue weighted by Crippen LogP contribution is -2.47. The van der Waals surface area contributed by atoms with E-state index in [0.717, 1.165) is 66.3 Å². The van der Waals surface area contributed by atoms with E-state index in [0.29, 0.717) is 18.4 Å². The number of hydrogen-bond donors (Lipinski definition) is 0. The average Bonchev–Trinajstić information content (AvgIpc) is 3.40. The smallest absolute Gasteiger partial charge is 0.222 e. The van der Waals surface area contributed by atoms with Gasteiger partial charge in [0.1, 0.15) is 5.82 Å².